The van der Waals surface area contributed by atoms with E-state index in [9.17, 15) is 0 Å². The van der Waals surface area contributed by atoms with Crippen LogP contribution in [0.3, 0.4) is 0 Å². The molecule has 1 aliphatic carbocycles. The molecule has 0 fully saturated rings. The van der Waals surface area contributed by atoms with Gasteiger partial charge < -0.3 is 8.83 Å². The topological polar surface area (TPSA) is 26.3 Å². The van der Waals surface area contributed by atoms with Gasteiger partial charge in [-0.15, -0.1) is 0 Å². The molecule has 0 amide bonds. The lowest BCUT2D eigenvalue weighted by molar-refractivity contribution is 0.650. The molecule has 0 unspecified atom stereocenters. The largest absolute Gasteiger partial charge is 0.456 e. The van der Waals surface area contributed by atoms with Crippen LogP contribution in [0.4, 0.5) is 0 Å². The Bertz CT molecular complexity index is 3880. The second-order valence-electron chi connectivity index (χ2n) is 16.6. The number of benzene rings is 11. The molecule has 282 valence electrons. The molecule has 0 radical (unpaired) electrons. The van der Waals surface area contributed by atoms with E-state index in [1.807, 2.05) is 12.1 Å². The maximum absolute atomic E-state index is 7.22. The molecule has 0 aliphatic heterocycles. The average molecular weight is 775 g/mol. The fraction of sp³-hybridized carbons (Fsp3) is 0.0169. The standard InChI is InChI=1S/C59H34O2/c1-3-13-38(14-4-1)59(39-15-5-2-6-16-39)50-20-10-7-17-42(50)49-34-48(56-46-19-9-12-22-52(46)61-58(56)57(49)59)41-29-24-36-25-30-44-40(28-23-35-26-31-45(41)55(36)54(35)44)37-27-32-53-47(33-37)43-18-8-11-21-51(43)60-53/h1-34H. The lowest BCUT2D eigenvalue weighted by Gasteiger charge is -2.33. The van der Waals surface area contributed by atoms with Crippen LogP contribution in [0, 0.1) is 0 Å². The van der Waals surface area contributed by atoms with Crippen molar-refractivity contribution in [3.05, 3.63) is 229 Å². The lowest BCUT2D eigenvalue weighted by Crippen LogP contribution is -2.28. The van der Waals surface area contributed by atoms with Crippen LogP contribution < -0.4 is 0 Å². The van der Waals surface area contributed by atoms with Crippen LogP contribution >= 0.6 is 0 Å². The molecule has 1 aliphatic rings. The minimum Gasteiger partial charge on any atom is -0.456 e. The summed E-state index contributed by atoms with van der Waals surface area (Å²) in [6.07, 6.45) is 0. The highest BCUT2D eigenvalue weighted by atomic mass is 16.3. The minimum absolute atomic E-state index is 0.593. The summed E-state index contributed by atoms with van der Waals surface area (Å²) < 4.78 is 13.4. The fourth-order valence-corrected chi connectivity index (χ4v) is 11.2. The van der Waals surface area contributed by atoms with Gasteiger partial charge in [0.25, 0.3) is 0 Å². The first-order valence-electron chi connectivity index (χ1n) is 21.1. The third kappa shape index (κ3) is 4.31. The molecule has 2 heterocycles. The summed E-state index contributed by atoms with van der Waals surface area (Å²) >= 11 is 0. The monoisotopic (exact) mass is 774 g/mol. The van der Waals surface area contributed by atoms with E-state index in [0.29, 0.717) is 0 Å². The zero-order valence-corrected chi connectivity index (χ0v) is 32.9. The van der Waals surface area contributed by atoms with Gasteiger partial charge in [-0.1, -0.05) is 176 Å². The van der Waals surface area contributed by atoms with Crippen molar-refractivity contribution in [2.24, 2.45) is 0 Å². The van der Waals surface area contributed by atoms with E-state index < -0.39 is 5.41 Å². The van der Waals surface area contributed by atoms with Crippen LogP contribution in [0.2, 0.25) is 0 Å². The Kier molecular flexibility index (Phi) is 6.52. The minimum atomic E-state index is -0.593. The molecule has 0 spiro atoms. The third-order valence-corrected chi connectivity index (χ3v) is 13.7. The first kappa shape index (κ1) is 33.0. The predicted octanol–water partition coefficient (Wildman–Crippen LogP) is 16.1. The Morgan fingerprint density at radius 3 is 1.62 bits per heavy atom. The van der Waals surface area contributed by atoms with Crippen LogP contribution in [-0.4, -0.2) is 0 Å². The first-order chi connectivity index (χ1) is 30.3. The highest BCUT2D eigenvalue weighted by Gasteiger charge is 2.48. The maximum Gasteiger partial charge on any atom is 0.141 e. The van der Waals surface area contributed by atoms with Crippen LogP contribution in [0.15, 0.2) is 215 Å². The summed E-state index contributed by atoms with van der Waals surface area (Å²) in [6.45, 7) is 0. The molecular formula is C59H34O2. The Morgan fingerprint density at radius 2 is 0.885 bits per heavy atom. The molecule has 0 saturated heterocycles. The molecule has 11 aromatic carbocycles. The Morgan fingerprint density at radius 1 is 0.311 bits per heavy atom. The van der Waals surface area contributed by atoms with Gasteiger partial charge in [0, 0.05) is 27.1 Å². The molecule has 2 aromatic heterocycles. The second kappa shape index (κ2) is 12.1. The zero-order chi connectivity index (χ0) is 39.8. The third-order valence-electron chi connectivity index (χ3n) is 13.7. The van der Waals surface area contributed by atoms with Crippen LogP contribution in [0.1, 0.15) is 22.3 Å². The summed E-state index contributed by atoms with van der Waals surface area (Å²) in [6, 6.07) is 75.5. The van der Waals surface area contributed by atoms with Gasteiger partial charge in [0.2, 0.25) is 0 Å². The molecule has 2 nitrogen and oxygen atoms in total. The van der Waals surface area contributed by atoms with Gasteiger partial charge in [-0.25, -0.2) is 0 Å². The van der Waals surface area contributed by atoms with Gasteiger partial charge in [0.05, 0.1) is 5.41 Å². The van der Waals surface area contributed by atoms with Gasteiger partial charge in [-0.05, 0) is 113 Å². The number of furan rings is 2. The zero-order valence-electron chi connectivity index (χ0n) is 32.9. The van der Waals surface area contributed by atoms with Crippen molar-refractivity contribution < 1.29 is 8.83 Å². The second-order valence-corrected chi connectivity index (χ2v) is 16.6. The highest BCUT2D eigenvalue weighted by molar-refractivity contribution is 6.29. The Balaban J connectivity index is 1.08. The van der Waals surface area contributed by atoms with Crippen molar-refractivity contribution in [1.82, 2.24) is 0 Å². The molecule has 14 rings (SSSR count). The van der Waals surface area contributed by atoms with Gasteiger partial charge >= 0.3 is 0 Å². The number of rotatable bonds is 4. The summed E-state index contributed by atoms with van der Waals surface area (Å²) in [7, 11) is 0. The predicted molar refractivity (Wildman–Crippen MR) is 253 cm³/mol. The Hall–Kier alpha value is -7.94. The van der Waals surface area contributed by atoms with E-state index in [-0.39, 0.29) is 0 Å². The quantitative estimate of drug-likeness (QED) is 0.167. The number of fused-ring (bicyclic) bond motifs is 10. The molecule has 13 aromatic rings. The van der Waals surface area contributed by atoms with Crippen molar-refractivity contribution in [1.29, 1.82) is 0 Å². The molecular weight excluding hydrogens is 741 g/mol. The van der Waals surface area contributed by atoms with E-state index in [1.54, 1.807) is 0 Å². The van der Waals surface area contributed by atoms with Crippen molar-refractivity contribution in [2.75, 3.05) is 0 Å². The van der Waals surface area contributed by atoms with Crippen molar-refractivity contribution in [3.63, 3.8) is 0 Å². The maximum atomic E-state index is 7.22. The molecule has 0 atom stereocenters. The van der Waals surface area contributed by atoms with Crippen molar-refractivity contribution in [2.45, 2.75) is 5.41 Å². The average Bonchev–Trinajstić information content (AvgIpc) is 3.99. The lowest BCUT2D eigenvalue weighted by atomic mass is 9.67. The summed E-state index contributed by atoms with van der Waals surface area (Å²) in [5.41, 5.74) is 15.2. The van der Waals surface area contributed by atoms with E-state index in [0.717, 1.165) is 43.9 Å². The smallest absolute Gasteiger partial charge is 0.141 e. The van der Waals surface area contributed by atoms with Gasteiger partial charge in [-0.2, -0.15) is 0 Å². The normalized spacial score (nSPS) is 13.4. The molecule has 0 bridgehead atoms. The highest BCUT2D eigenvalue weighted by Crippen LogP contribution is 2.60. The Labute approximate surface area is 350 Å². The van der Waals surface area contributed by atoms with Crippen LogP contribution in [-0.2, 0) is 5.41 Å². The molecule has 61 heavy (non-hydrogen) atoms. The van der Waals surface area contributed by atoms with Gasteiger partial charge in [0.1, 0.15) is 22.3 Å². The van der Waals surface area contributed by atoms with E-state index >= 15 is 0 Å². The molecule has 0 saturated carbocycles. The van der Waals surface area contributed by atoms with Crippen LogP contribution in [0.5, 0.6) is 0 Å². The number of para-hydroxylation sites is 2. The number of hydrogen-bond donors (Lipinski definition) is 0. The van der Waals surface area contributed by atoms with E-state index in [2.05, 4.69) is 194 Å². The van der Waals surface area contributed by atoms with Gasteiger partial charge in [-0.3, -0.25) is 0 Å². The van der Waals surface area contributed by atoms with E-state index in [4.69, 9.17) is 8.83 Å². The summed E-state index contributed by atoms with van der Waals surface area (Å²) in [5, 5.41) is 12.1. The molecule has 2 heteroatoms. The summed E-state index contributed by atoms with van der Waals surface area (Å²) in [5.74, 6) is 0. The fourth-order valence-electron chi connectivity index (χ4n) is 11.2. The molecule has 0 N–H and O–H groups in total. The first-order valence-corrected chi connectivity index (χ1v) is 21.1. The van der Waals surface area contributed by atoms with Crippen LogP contribution in [0.25, 0.3) is 110 Å². The van der Waals surface area contributed by atoms with Crippen molar-refractivity contribution >= 4 is 76.2 Å². The summed E-state index contributed by atoms with van der Waals surface area (Å²) in [4.78, 5) is 0. The number of hydrogen-bond acceptors (Lipinski definition) is 2. The van der Waals surface area contributed by atoms with Gasteiger partial charge in [0.15, 0.2) is 0 Å². The van der Waals surface area contributed by atoms with E-state index in [1.165, 1.54) is 88.0 Å². The van der Waals surface area contributed by atoms with Crippen molar-refractivity contribution in [3.8, 4) is 33.4 Å². The SMILES string of the molecule is c1ccc(C2(c3ccccc3)c3ccccc3-c3cc(-c4ccc5ccc6c(-c7ccc8oc9ccccc9c8c7)ccc7ccc4c5c76)c4c(oc5ccccc54)c32)cc1.